The maximum atomic E-state index is 14.8. The molecule has 432 valence electrons. The quantitative estimate of drug-likeness (QED) is 0.0528. The summed E-state index contributed by atoms with van der Waals surface area (Å²) >= 11 is 7.61. The predicted octanol–water partition coefficient (Wildman–Crippen LogP) is 9.90. The number of anilines is 3. The van der Waals surface area contributed by atoms with Crippen LogP contribution in [0.15, 0.2) is 136 Å². The van der Waals surface area contributed by atoms with Crippen molar-refractivity contribution in [1.29, 1.82) is 0 Å². The third-order valence-electron chi connectivity index (χ3n) is 15.3. The number of amides is 4. The first-order valence-electron chi connectivity index (χ1n) is 26.9. The number of sulfone groups is 1. The lowest BCUT2D eigenvalue weighted by Gasteiger charge is -2.39. The van der Waals surface area contributed by atoms with E-state index in [-0.39, 0.29) is 29.7 Å². The molecule has 3 heterocycles. The van der Waals surface area contributed by atoms with Crippen LogP contribution in [0.25, 0.3) is 5.57 Å². The third-order valence-corrected chi connectivity index (χ3v) is 19.5. The van der Waals surface area contributed by atoms with E-state index in [1.165, 1.54) is 57.6 Å². The van der Waals surface area contributed by atoms with E-state index in [0.717, 1.165) is 61.6 Å². The molecule has 0 bridgehead atoms. The van der Waals surface area contributed by atoms with Crippen LogP contribution in [0.3, 0.4) is 0 Å². The zero-order valence-corrected chi connectivity index (χ0v) is 48.2. The molecular formula is C58H65ClF4N8O7S3. The van der Waals surface area contributed by atoms with E-state index in [4.69, 9.17) is 11.6 Å². The fourth-order valence-electron chi connectivity index (χ4n) is 10.8. The van der Waals surface area contributed by atoms with Gasteiger partial charge in [-0.25, -0.2) is 30.7 Å². The highest BCUT2D eigenvalue weighted by molar-refractivity contribution is 7.99. The van der Waals surface area contributed by atoms with Crippen LogP contribution in [0.5, 0.6) is 0 Å². The van der Waals surface area contributed by atoms with Gasteiger partial charge in [-0.05, 0) is 133 Å². The lowest BCUT2D eigenvalue weighted by molar-refractivity contribution is -0.120. The summed E-state index contributed by atoms with van der Waals surface area (Å²) in [4.78, 5) is 46.6. The lowest BCUT2D eigenvalue weighted by atomic mass is 9.73. The summed E-state index contributed by atoms with van der Waals surface area (Å²) in [5.41, 5.74) is -0.287. The molecule has 3 N–H and O–H groups in total. The Morgan fingerprint density at radius 2 is 1.43 bits per heavy atom. The number of rotatable bonds is 19. The summed E-state index contributed by atoms with van der Waals surface area (Å²) in [5.74, 6) is -1.69. The number of urea groups is 1. The molecule has 0 saturated carbocycles. The number of sulfonamides is 1. The average Bonchev–Trinajstić information content (AvgIpc) is 3.51. The number of carbonyl (C=O) groups excluding carboxylic acids is 3. The Morgan fingerprint density at radius 1 is 0.765 bits per heavy atom. The van der Waals surface area contributed by atoms with Gasteiger partial charge in [-0.15, -0.1) is 11.8 Å². The van der Waals surface area contributed by atoms with Gasteiger partial charge in [0, 0.05) is 124 Å². The molecule has 0 aromatic heterocycles. The molecule has 0 unspecified atom stereocenters. The van der Waals surface area contributed by atoms with Crippen LogP contribution in [-0.2, 0) is 31.2 Å². The monoisotopic (exact) mass is 1190 g/mol. The third kappa shape index (κ3) is 15.2. The number of hydrogen-bond acceptors (Lipinski definition) is 13. The Hall–Kier alpha value is -6.01. The van der Waals surface area contributed by atoms with Crippen LogP contribution >= 0.6 is 23.4 Å². The average molecular weight is 1190 g/mol. The molecule has 3 saturated heterocycles. The van der Waals surface area contributed by atoms with Gasteiger partial charge in [0.05, 0.1) is 10.6 Å². The number of piperazine rings is 2. The standard InChI is InChI=1S/C58H65ClF4N8O7S3/c1-57(2)21-18-51(41-8-12-44(59)13-9-41)43(36-57)38-69-28-30-70(31-29-69)47-14-10-42(11-15-47)55(73)66-81(77,78)50-16-17-52(53(35-50)80(75,76)58(61,62)63)64-46(39-79-49-6-4-3-5-7-49)19-22-67-24-26-68(27-25-67)37-40-32-45(60)34-48(33-40)71-23-20-54(72)65-56(71)74/h3-17,32-35,46,64H,18-31,36-39H2,1-2H3,(H,66,73)(H,65,72,74)/t46-/m1/s1. The van der Waals surface area contributed by atoms with Gasteiger partial charge in [0.25, 0.3) is 25.8 Å². The van der Waals surface area contributed by atoms with E-state index in [2.05, 4.69) is 56.2 Å². The molecule has 3 fully saturated rings. The topological polar surface area (TPSA) is 172 Å². The fraction of sp³-hybridized carbons (Fsp3) is 0.397. The van der Waals surface area contributed by atoms with Crippen molar-refractivity contribution in [2.45, 2.75) is 78.7 Å². The van der Waals surface area contributed by atoms with Crippen LogP contribution in [0.1, 0.15) is 67.4 Å². The number of carbonyl (C=O) groups is 3. The number of imide groups is 1. The van der Waals surface area contributed by atoms with Gasteiger partial charge in [-0.1, -0.05) is 61.4 Å². The Morgan fingerprint density at radius 3 is 2.11 bits per heavy atom. The maximum absolute atomic E-state index is 14.8. The van der Waals surface area contributed by atoms with Gasteiger partial charge >= 0.3 is 11.5 Å². The smallest absolute Gasteiger partial charge is 0.380 e. The van der Waals surface area contributed by atoms with Crippen LogP contribution in [-0.4, -0.2) is 139 Å². The van der Waals surface area contributed by atoms with Crippen molar-refractivity contribution in [3.63, 3.8) is 0 Å². The minimum atomic E-state index is -6.15. The highest BCUT2D eigenvalue weighted by Gasteiger charge is 2.48. The van der Waals surface area contributed by atoms with Crippen molar-refractivity contribution < 1.29 is 48.8 Å². The van der Waals surface area contributed by atoms with Crippen molar-refractivity contribution >= 4 is 83.7 Å². The Bertz CT molecular complexity index is 3360. The summed E-state index contributed by atoms with van der Waals surface area (Å²) in [5, 5.41) is 5.96. The van der Waals surface area contributed by atoms with Gasteiger partial charge in [-0.3, -0.25) is 29.6 Å². The molecule has 1 atom stereocenters. The van der Waals surface area contributed by atoms with Crippen LogP contribution < -0.4 is 25.2 Å². The largest absolute Gasteiger partial charge is 0.501 e. The normalized spacial score (nSPS) is 18.4. The summed E-state index contributed by atoms with van der Waals surface area (Å²) in [6.07, 6.45) is 3.54. The highest BCUT2D eigenvalue weighted by Crippen LogP contribution is 2.43. The molecular weight excluding hydrogens is 1130 g/mol. The molecule has 4 amide bonds. The molecule has 5 aromatic carbocycles. The first kappa shape index (κ1) is 59.6. The SMILES string of the molecule is CC1(C)CCC(c2ccc(Cl)cc2)=C(CN2CCN(c3ccc(C(=O)NS(=O)(=O)c4ccc(N[C@H](CCN5CCN(Cc6cc(F)cc(N7CCC(=O)NC7=O)c6)CC5)CSc5ccccc5)c(S(=O)(=O)C(F)(F)F)c4)cc3)CC2)C1. The molecule has 5 aromatic rings. The predicted molar refractivity (Wildman–Crippen MR) is 308 cm³/mol. The number of benzene rings is 5. The lowest BCUT2D eigenvalue weighted by Crippen LogP contribution is -2.49. The number of nitrogens with one attached hydrogen (secondary N) is 3. The van der Waals surface area contributed by atoms with Crippen LogP contribution in [0, 0.1) is 11.2 Å². The molecule has 81 heavy (non-hydrogen) atoms. The molecule has 0 spiro atoms. The van der Waals surface area contributed by atoms with Gasteiger partial charge in [-0.2, -0.15) is 13.2 Å². The summed E-state index contributed by atoms with van der Waals surface area (Å²) in [6, 6.07) is 29.1. The first-order valence-corrected chi connectivity index (χ1v) is 31.2. The molecule has 9 rings (SSSR count). The molecule has 1 aliphatic carbocycles. The summed E-state index contributed by atoms with van der Waals surface area (Å²) < 4.78 is 114. The van der Waals surface area contributed by atoms with Crippen LogP contribution in [0.2, 0.25) is 5.02 Å². The number of thioether (sulfide) groups is 1. The zero-order chi connectivity index (χ0) is 57.7. The van der Waals surface area contributed by atoms with E-state index in [0.29, 0.717) is 81.1 Å². The van der Waals surface area contributed by atoms with E-state index >= 15 is 0 Å². The summed E-state index contributed by atoms with van der Waals surface area (Å²) in [7, 11) is -11.1. The second-order valence-electron chi connectivity index (χ2n) is 21.7. The minimum Gasteiger partial charge on any atom is -0.380 e. The Labute approximate surface area is 480 Å². The van der Waals surface area contributed by atoms with Gasteiger partial charge in [0.1, 0.15) is 10.7 Å². The van der Waals surface area contributed by atoms with Crippen molar-refractivity contribution in [3.8, 4) is 0 Å². The van der Waals surface area contributed by atoms with Gasteiger partial charge < -0.3 is 15.1 Å². The Balaban J connectivity index is 0.836. The fourth-order valence-corrected chi connectivity index (χ4v) is 13.9. The molecule has 15 nitrogen and oxygen atoms in total. The molecule has 3 aliphatic heterocycles. The van der Waals surface area contributed by atoms with E-state index in [9.17, 15) is 48.8 Å². The number of alkyl halides is 3. The molecule has 4 aliphatic rings. The second kappa shape index (κ2) is 25.2. The summed E-state index contributed by atoms with van der Waals surface area (Å²) in [6.45, 7) is 11.8. The number of hydrogen-bond donors (Lipinski definition) is 3. The number of halogens is 5. The Kier molecular flexibility index (Phi) is 18.6. The zero-order valence-electron chi connectivity index (χ0n) is 45.0. The second-order valence-corrected chi connectivity index (χ2v) is 26.8. The van der Waals surface area contributed by atoms with Crippen molar-refractivity contribution in [1.82, 2.24) is 24.7 Å². The molecule has 23 heteroatoms. The van der Waals surface area contributed by atoms with E-state index in [1.807, 2.05) is 47.2 Å². The van der Waals surface area contributed by atoms with Gasteiger partial charge in [0.2, 0.25) is 5.91 Å². The van der Waals surface area contributed by atoms with Crippen molar-refractivity contribution in [3.05, 3.63) is 148 Å². The first-order chi connectivity index (χ1) is 38.5. The van der Waals surface area contributed by atoms with Crippen molar-refractivity contribution in [2.75, 3.05) is 92.9 Å². The molecule has 0 radical (unpaired) electrons. The van der Waals surface area contributed by atoms with E-state index in [1.54, 1.807) is 18.2 Å². The number of allylic oxidation sites excluding steroid dienone is 1. The van der Waals surface area contributed by atoms with Gasteiger partial charge in [0.15, 0.2) is 0 Å². The van der Waals surface area contributed by atoms with E-state index < -0.39 is 70.6 Å². The van der Waals surface area contributed by atoms with Crippen molar-refractivity contribution in [2.24, 2.45) is 5.41 Å². The minimum absolute atomic E-state index is 0.0327. The maximum Gasteiger partial charge on any atom is 0.501 e. The number of nitrogens with zero attached hydrogens (tertiary/aromatic N) is 5. The van der Waals surface area contributed by atoms with Crippen LogP contribution in [0.4, 0.5) is 39.4 Å². The highest BCUT2D eigenvalue weighted by atomic mass is 35.5.